The van der Waals surface area contributed by atoms with Crippen LogP contribution in [-0.4, -0.2) is 82.3 Å². The number of nitrogens with two attached hydrogens (primary N) is 1. The molecule has 15 heteroatoms. The van der Waals surface area contributed by atoms with Crippen LogP contribution in [0.25, 0.3) is 0 Å². The van der Waals surface area contributed by atoms with Gasteiger partial charge in [0.15, 0.2) is 23.0 Å². The summed E-state index contributed by atoms with van der Waals surface area (Å²) in [5, 5.41) is -0.635. The summed E-state index contributed by atoms with van der Waals surface area (Å²) >= 11 is 0. The van der Waals surface area contributed by atoms with Crippen LogP contribution < -0.4 is 39.8 Å². The summed E-state index contributed by atoms with van der Waals surface area (Å²) in [6, 6.07) is 24.5. The van der Waals surface area contributed by atoms with Crippen LogP contribution >= 0.6 is 0 Å². The van der Waals surface area contributed by atoms with Crippen molar-refractivity contribution in [1.29, 1.82) is 0 Å². The molecule has 11 nitrogen and oxygen atoms in total. The van der Waals surface area contributed by atoms with Crippen LogP contribution in [0.2, 0.25) is 0 Å². The monoisotopic (exact) mass is 761 g/mol. The lowest BCUT2D eigenvalue weighted by Crippen LogP contribution is -2.39. The van der Waals surface area contributed by atoms with Gasteiger partial charge >= 0.3 is 0 Å². The normalized spacial score (nSPS) is 17.8. The molecular formula is C43H35B4N5O6. The summed E-state index contributed by atoms with van der Waals surface area (Å²) in [7, 11) is 29.6. The SMILES string of the molecule is [B]C([B])(Oc1cc2c(cc1OC)C(=O)N1c3ccccc3C[C@H]1C=N2)c1cc(N)cc(C([B])([B])Oc2cc3c(cc2OC)C(=O)N2c4ccc(C)cc4C[C@H]2CN3)c1. The second-order valence-corrected chi connectivity index (χ2v) is 15.1. The highest BCUT2D eigenvalue weighted by molar-refractivity contribution is 6.40. The molecule has 0 spiro atoms. The summed E-state index contributed by atoms with van der Waals surface area (Å²) in [5.41, 5.74) is 13.7. The third kappa shape index (κ3) is 6.24. The number of aliphatic imine (C=N–C) groups is 1. The first-order valence-corrected chi connectivity index (χ1v) is 18.8. The summed E-state index contributed by atoms with van der Waals surface area (Å²) < 4.78 is 23.8. The van der Waals surface area contributed by atoms with Crippen molar-refractivity contribution < 1.29 is 28.5 Å². The molecule has 58 heavy (non-hydrogen) atoms. The molecule has 4 aliphatic heterocycles. The number of carbonyl (C=O) groups is 2. The molecule has 0 unspecified atom stereocenters. The van der Waals surface area contributed by atoms with E-state index >= 15 is 0 Å². The Kier molecular flexibility index (Phi) is 8.83. The first-order chi connectivity index (χ1) is 27.7. The predicted octanol–water partition coefficient (Wildman–Crippen LogP) is 4.93. The highest BCUT2D eigenvalue weighted by Gasteiger charge is 2.40. The molecule has 4 heterocycles. The molecule has 5 aromatic carbocycles. The van der Waals surface area contributed by atoms with Gasteiger partial charge in [-0.3, -0.25) is 19.5 Å². The van der Waals surface area contributed by atoms with Crippen molar-refractivity contribution in [3.8, 4) is 23.0 Å². The van der Waals surface area contributed by atoms with Gasteiger partial charge < -0.3 is 34.9 Å². The third-order valence-electron chi connectivity index (χ3n) is 11.1. The molecule has 3 N–H and O–H groups in total. The number of nitrogens with one attached hydrogen (secondary N) is 1. The number of aryl methyl sites for hydroxylation is 1. The maximum Gasteiger partial charge on any atom is 0.261 e. The van der Waals surface area contributed by atoms with Gasteiger partial charge in [0.25, 0.3) is 11.8 Å². The highest BCUT2D eigenvalue weighted by Crippen LogP contribution is 2.44. The van der Waals surface area contributed by atoms with E-state index in [-0.39, 0.29) is 63.7 Å². The number of carbonyl (C=O) groups excluding carboxylic acids is 2. The standard InChI is InChI=1S/C43H35B4N5O6/c1-22-8-9-35-24(10-22)12-29-21-50-33-19-39(37(56-3)17-31(33)41(54)52(29)35)58-43(46,47)26-13-25(14-27(48)15-26)42(44,45)57-38-18-32-30(16-36(38)55-2)40(53)51-28(20-49-32)11-23-6-4-5-7-34(23)51/h4-10,13-20,28-29,50H,11-12,21,48H2,1-3H3/t28-,29-/m0/s1. The molecule has 4 aliphatic rings. The van der Waals surface area contributed by atoms with Gasteiger partial charge in [0, 0.05) is 48.4 Å². The number of amides is 2. The zero-order valence-electron chi connectivity index (χ0n) is 32.1. The number of benzene rings is 5. The molecule has 0 aromatic heterocycles. The minimum atomic E-state index is -2.03. The Labute approximate surface area is 341 Å². The van der Waals surface area contributed by atoms with Crippen LogP contribution in [0.4, 0.5) is 28.4 Å². The van der Waals surface area contributed by atoms with Crippen molar-refractivity contribution in [2.24, 2.45) is 4.99 Å². The van der Waals surface area contributed by atoms with Crippen LogP contribution in [0.15, 0.2) is 89.9 Å². The topological polar surface area (TPSA) is 128 Å². The van der Waals surface area contributed by atoms with Crippen LogP contribution in [0.1, 0.15) is 48.5 Å². The van der Waals surface area contributed by atoms with E-state index < -0.39 is 10.8 Å². The number of nitrogen functional groups attached to an aromatic ring is 1. The lowest BCUT2D eigenvalue weighted by Gasteiger charge is -2.34. The van der Waals surface area contributed by atoms with E-state index in [1.807, 2.05) is 48.2 Å². The molecule has 0 bridgehead atoms. The first kappa shape index (κ1) is 37.4. The maximum absolute atomic E-state index is 14.0. The van der Waals surface area contributed by atoms with Gasteiger partial charge in [-0.25, -0.2) is 0 Å². The van der Waals surface area contributed by atoms with Crippen molar-refractivity contribution >= 4 is 77.9 Å². The van der Waals surface area contributed by atoms with Gasteiger partial charge in [-0.1, -0.05) is 42.0 Å². The Bertz CT molecular complexity index is 2580. The van der Waals surface area contributed by atoms with Crippen LogP contribution in [-0.2, 0) is 23.6 Å². The molecular weight excluding hydrogens is 726 g/mol. The Hall–Kier alpha value is -6.23. The molecule has 9 rings (SSSR count). The summed E-state index contributed by atoms with van der Waals surface area (Å²) in [6.45, 7) is 2.55. The minimum absolute atomic E-state index is 0.0761. The van der Waals surface area contributed by atoms with E-state index in [0.29, 0.717) is 35.5 Å². The summed E-state index contributed by atoms with van der Waals surface area (Å²) in [4.78, 5) is 36.2. The summed E-state index contributed by atoms with van der Waals surface area (Å²) in [5.74, 6) is 0.345. The second kappa shape index (κ2) is 13.7. The summed E-state index contributed by atoms with van der Waals surface area (Å²) in [6.07, 6.45) is 3.12. The fourth-order valence-electron chi connectivity index (χ4n) is 8.31. The van der Waals surface area contributed by atoms with Crippen molar-refractivity contribution in [2.75, 3.05) is 41.6 Å². The maximum atomic E-state index is 14.0. The highest BCUT2D eigenvalue weighted by atomic mass is 16.5. The quantitative estimate of drug-likeness (QED) is 0.169. The lowest BCUT2D eigenvalue weighted by atomic mass is 9.57. The Balaban J connectivity index is 0.992. The zero-order chi connectivity index (χ0) is 40.7. The number of methoxy groups -OCH3 is 2. The largest absolute Gasteiger partial charge is 0.499 e. The van der Waals surface area contributed by atoms with Gasteiger partial charge in [0.2, 0.25) is 0 Å². The molecule has 0 aliphatic carbocycles. The van der Waals surface area contributed by atoms with Gasteiger partial charge in [-0.05, 0) is 72.0 Å². The minimum Gasteiger partial charge on any atom is -0.499 e. The van der Waals surface area contributed by atoms with E-state index in [4.69, 9.17) is 56.1 Å². The van der Waals surface area contributed by atoms with Gasteiger partial charge in [0.05, 0.1) is 59.6 Å². The molecule has 2 amide bonds. The fraction of sp³-hybridized carbons (Fsp3) is 0.233. The van der Waals surface area contributed by atoms with Crippen LogP contribution in [0.5, 0.6) is 23.0 Å². The van der Waals surface area contributed by atoms with Crippen molar-refractivity contribution in [3.63, 3.8) is 0 Å². The molecule has 2 atom stereocenters. The number of hydrogen-bond donors (Lipinski definition) is 2. The van der Waals surface area contributed by atoms with E-state index in [9.17, 15) is 9.59 Å². The number of rotatable bonds is 8. The van der Waals surface area contributed by atoms with E-state index in [1.165, 1.54) is 32.4 Å². The van der Waals surface area contributed by atoms with Gasteiger partial charge in [-0.2, -0.15) is 0 Å². The first-order valence-electron chi connectivity index (χ1n) is 18.8. The van der Waals surface area contributed by atoms with E-state index in [2.05, 4.69) is 16.4 Å². The smallest absolute Gasteiger partial charge is 0.261 e. The molecule has 8 radical (unpaired) electrons. The number of hydrogen-bond acceptors (Lipinski definition) is 9. The number of ether oxygens (including phenoxy) is 4. The van der Waals surface area contributed by atoms with E-state index in [1.54, 1.807) is 35.4 Å². The van der Waals surface area contributed by atoms with Crippen molar-refractivity contribution in [3.05, 3.63) is 124 Å². The van der Waals surface area contributed by atoms with Gasteiger partial charge in [-0.15, -0.1) is 0 Å². The number of nitrogens with zero attached hydrogens (tertiary/aromatic N) is 3. The van der Waals surface area contributed by atoms with Crippen LogP contribution in [0, 0.1) is 6.92 Å². The van der Waals surface area contributed by atoms with Crippen molar-refractivity contribution in [1.82, 2.24) is 0 Å². The molecule has 280 valence electrons. The van der Waals surface area contributed by atoms with Crippen molar-refractivity contribution in [2.45, 2.75) is 42.6 Å². The Morgan fingerprint density at radius 2 is 1.36 bits per heavy atom. The second-order valence-electron chi connectivity index (χ2n) is 15.1. The fourth-order valence-corrected chi connectivity index (χ4v) is 8.31. The Morgan fingerprint density at radius 3 is 2.07 bits per heavy atom. The van der Waals surface area contributed by atoms with Gasteiger partial charge in [0.1, 0.15) is 31.4 Å². The molecule has 0 saturated heterocycles. The average molecular weight is 761 g/mol. The number of fused-ring (bicyclic) bond motifs is 8. The predicted molar refractivity (Wildman–Crippen MR) is 227 cm³/mol. The number of anilines is 4. The zero-order valence-corrected chi connectivity index (χ0v) is 32.1. The Morgan fingerprint density at radius 1 is 0.724 bits per heavy atom. The average Bonchev–Trinajstić information content (AvgIpc) is 3.67. The number of para-hydroxylation sites is 1. The van der Waals surface area contributed by atoms with Crippen LogP contribution in [0.3, 0.4) is 0 Å². The molecule has 5 aromatic rings. The lowest BCUT2D eigenvalue weighted by molar-refractivity contribution is 0.0976. The third-order valence-corrected chi connectivity index (χ3v) is 11.1. The van der Waals surface area contributed by atoms with E-state index in [0.717, 1.165) is 34.5 Å². The molecule has 0 fully saturated rings. The molecule has 0 saturated carbocycles.